The van der Waals surface area contributed by atoms with Gasteiger partial charge in [0.15, 0.2) is 0 Å². The van der Waals surface area contributed by atoms with Gasteiger partial charge < -0.3 is 14.8 Å². The number of amides is 2. The molecule has 1 saturated carbocycles. The lowest BCUT2D eigenvalue weighted by atomic mass is 9.86. The summed E-state index contributed by atoms with van der Waals surface area (Å²) in [6.07, 6.45) is 3.11. The van der Waals surface area contributed by atoms with E-state index < -0.39 is 17.3 Å². The summed E-state index contributed by atoms with van der Waals surface area (Å²) in [5, 5.41) is 5.40. The summed E-state index contributed by atoms with van der Waals surface area (Å²) in [6, 6.07) is 13.0. The number of rotatable bonds is 5. The molecule has 3 aromatic rings. The monoisotopic (exact) mass is 475 g/mol. The van der Waals surface area contributed by atoms with Crippen LogP contribution in [0, 0.1) is 11.7 Å². The SMILES string of the molecule is COc1cnc(C(=O)Nc2ccc(F)c(C3(C)N=C(NC(=O)c4ccccc4)OC4C[C@H]43)c2)cn1. The van der Waals surface area contributed by atoms with Crippen molar-refractivity contribution >= 4 is 23.5 Å². The number of methoxy groups -OCH3 is 1. The fourth-order valence-electron chi connectivity index (χ4n) is 4.16. The summed E-state index contributed by atoms with van der Waals surface area (Å²) in [6.45, 7) is 1.80. The van der Waals surface area contributed by atoms with Gasteiger partial charge in [0.1, 0.15) is 17.6 Å². The lowest BCUT2D eigenvalue weighted by molar-refractivity contribution is 0.0954. The first-order chi connectivity index (χ1) is 16.9. The molecule has 10 heteroatoms. The molecule has 2 N–H and O–H groups in total. The summed E-state index contributed by atoms with van der Waals surface area (Å²) in [7, 11) is 1.45. The Balaban J connectivity index is 1.40. The normalized spacial score (nSPS) is 22.2. The highest BCUT2D eigenvalue weighted by atomic mass is 19.1. The lowest BCUT2D eigenvalue weighted by Gasteiger charge is -2.31. The molecular formula is C25H22FN5O4. The van der Waals surface area contributed by atoms with Crippen LogP contribution in [0.4, 0.5) is 10.1 Å². The number of halogens is 1. The number of ether oxygens (including phenoxy) is 2. The van der Waals surface area contributed by atoms with Gasteiger partial charge in [-0.2, -0.15) is 0 Å². The first-order valence-corrected chi connectivity index (χ1v) is 11.0. The number of carbonyl (C=O) groups excluding carboxylic acids is 2. The van der Waals surface area contributed by atoms with E-state index in [0.717, 1.165) is 0 Å². The summed E-state index contributed by atoms with van der Waals surface area (Å²) in [5.74, 6) is -1.12. The van der Waals surface area contributed by atoms with Crippen LogP contribution in [0.1, 0.15) is 39.8 Å². The van der Waals surface area contributed by atoms with Gasteiger partial charge in [0.2, 0.25) is 5.88 Å². The number of anilines is 1. The third-order valence-electron chi connectivity index (χ3n) is 6.15. The van der Waals surface area contributed by atoms with E-state index in [1.807, 2.05) is 6.07 Å². The minimum Gasteiger partial charge on any atom is -0.480 e. The Morgan fingerprint density at radius 3 is 2.60 bits per heavy atom. The van der Waals surface area contributed by atoms with Crippen LogP contribution in [0.5, 0.6) is 5.88 Å². The molecule has 2 aromatic carbocycles. The molecule has 3 atom stereocenters. The van der Waals surface area contributed by atoms with E-state index in [1.54, 1.807) is 37.3 Å². The predicted octanol–water partition coefficient (Wildman–Crippen LogP) is 3.30. The van der Waals surface area contributed by atoms with Crippen molar-refractivity contribution in [3.63, 3.8) is 0 Å². The fraction of sp³-hybridized carbons (Fsp3) is 0.240. The van der Waals surface area contributed by atoms with Crippen molar-refractivity contribution in [2.45, 2.75) is 25.0 Å². The maximum atomic E-state index is 15.0. The van der Waals surface area contributed by atoms with E-state index in [4.69, 9.17) is 9.47 Å². The molecule has 0 spiro atoms. The molecule has 2 amide bonds. The highest BCUT2D eigenvalue weighted by Crippen LogP contribution is 2.53. The van der Waals surface area contributed by atoms with Crippen molar-refractivity contribution in [2.75, 3.05) is 12.4 Å². The highest BCUT2D eigenvalue weighted by molar-refractivity contribution is 6.04. The summed E-state index contributed by atoms with van der Waals surface area (Å²) in [5.41, 5.74) is 0.209. The number of amidine groups is 1. The van der Waals surface area contributed by atoms with Gasteiger partial charge in [-0.25, -0.2) is 19.4 Å². The lowest BCUT2D eigenvalue weighted by Crippen LogP contribution is -2.41. The number of fused-ring (bicyclic) bond motifs is 1. The average Bonchev–Trinajstić information content (AvgIpc) is 3.66. The van der Waals surface area contributed by atoms with Crippen molar-refractivity contribution in [2.24, 2.45) is 10.9 Å². The van der Waals surface area contributed by atoms with E-state index in [1.165, 1.54) is 31.6 Å². The largest absolute Gasteiger partial charge is 0.480 e. The molecule has 35 heavy (non-hydrogen) atoms. The standard InChI is InChI=1S/C25H22FN5O4/c1-25(17-11-20(17)35-24(31-25)30-22(32)14-6-4-3-5-7-14)16-10-15(8-9-18(16)26)29-23(33)19-12-28-21(34-2)13-27-19/h3-10,12-13,17,20H,11H2,1-2H3,(H,29,33)(H,30,31,32)/t17-,20?,25?/m1/s1. The maximum absolute atomic E-state index is 15.0. The number of hydrogen-bond donors (Lipinski definition) is 2. The van der Waals surface area contributed by atoms with Crippen LogP contribution in [-0.4, -0.2) is 41.0 Å². The molecule has 1 aliphatic carbocycles. The van der Waals surface area contributed by atoms with E-state index in [9.17, 15) is 9.59 Å². The van der Waals surface area contributed by atoms with Gasteiger partial charge in [-0.05, 0) is 43.7 Å². The van der Waals surface area contributed by atoms with E-state index in [2.05, 4.69) is 25.6 Å². The van der Waals surface area contributed by atoms with Crippen LogP contribution < -0.4 is 15.4 Å². The Morgan fingerprint density at radius 2 is 1.89 bits per heavy atom. The number of carbonyl (C=O) groups is 2. The Kier molecular flexibility index (Phi) is 5.64. The molecule has 2 heterocycles. The maximum Gasteiger partial charge on any atom is 0.292 e. The zero-order valence-corrected chi connectivity index (χ0v) is 19.0. The van der Waals surface area contributed by atoms with Gasteiger partial charge in [-0.15, -0.1) is 0 Å². The fourth-order valence-corrected chi connectivity index (χ4v) is 4.16. The van der Waals surface area contributed by atoms with Crippen LogP contribution in [-0.2, 0) is 10.3 Å². The molecule has 9 nitrogen and oxygen atoms in total. The Hall–Kier alpha value is -4.34. The zero-order chi connectivity index (χ0) is 24.6. The molecule has 1 fully saturated rings. The Labute approximate surface area is 200 Å². The van der Waals surface area contributed by atoms with Crippen molar-refractivity contribution in [3.05, 3.63) is 83.6 Å². The highest BCUT2D eigenvalue weighted by Gasteiger charge is 2.57. The molecule has 1 aromatic heterocycles. The van der Waals surface area contributed by atoms with E-state index in [-0.39, 0.29) is 35.5 Å². The Morgan fingerprint density at radius 1 is 1.09 bits per heavy atom. The third kappa shape index (κ3) is 4.42. The first kappa shape index (κ1) is 22.5. The van der Waals surface area contributed by atoms with Crippen LogP contribution in [0.2, 0.25) is 0 Å². The van der Waals surface area contributed by atoms with Crippen molar-refractivity contribution in [3.8, 4) is 5.88 Å². The minimum absolute atomic E-state index is 0.0439. The second-order valence-corrected chi connectivity index (χ2v) is 8.48. The van der Waals surface area contributed by atoms with Crippen molar-refractivity contribution < 1.29 is 23.5 Å². The van der Waals surface area contributed by atoms with E-state index >= 15 is 4.39 Å². The number of nitrogens with one attached hydrogen (secondary N) is 2. The van der Waals surface area contributed by atoms with Gasteiger partial charge in [0.05, 0.1) is 25.0 Å². The van der Waals surface area contributed by atoms with Crippen LogP contribution in [0.25, 0.3) is 0 Å². The Bertz CT molecular complexity index is 1320. The number of nitrogens with zero attached hydrogens (tertiary/aromatic N) is 3. The predicted molar refractivity (Wildman–Crippen MR) is 125 cm³/mol. The van der Waals surface area contributed by atoms with Crippen LogP contribution >= 0.6 is 0 Å². The van der Waals surface area contributed by atoms with Crippen molar-refractivity contribution in [1.29, 1.82) is 0 Å². The van der Waals surface area contributed by atoms with E-state index in [0.29, 0.717) is 23.2 Å². The molecule has 2 aliphatic rings. The smallest absolute Gasteiger partial charge is 0.292 e. The first-order valence-electron chi connectivity index (χ1n) is 11.0. The molecule has 178 valence electrons. The molecule has 0 bridgehead atoms. The zero-order valence-electron chi connectivity index (χ0n) is 19.0. The van der Waals surface area contributed by atoms with Crippen LogP contribution in [0.3, 0.4) is 0 Å². The van der Waals surface area contributed by atoms with Gasteiger partial charge >= 0.3 is 0 Å². The number of aliphatic imine (C=N–C) groups is 1. The van der Waals surface area contributed by atoms with Crippen molar-refractivity contribution in [1.82, 2.24) is 15.3 Å². The molecule has 1 aliphatic heterocycles. The summed E-state index contributed by atoms with van der Waals surface area (Å²) in [4.78, 5) is 37.8. The molecular weight excluding hydrogens is 453 g/mol. The molecule has 5 rings (SSSR count). The topological polar surface area (TPSA) is 115 Å². The van der Waals surface area contributed by atoms with Gasteiger partial charge in [0, 0.05) is 22.7 Å². The quantitative estimate of drug-likeness (QED) is 0.585. The number of benzene rings is 2. The van der Waals surface area contributed by atoms with Gasteiger partial charge in [0.25, 0.3) is 17.8 Å². The molecule has 2 unspecified atom stereocenters. The number of aromatic nitrogens is 2. The third-order valence-corrected chi connectivity index (χ3v) is 6.15. The summed E-state index contributed by atoms with van der Waals surface area (Å²) < 4.78 is 25.8. The summed E-state index contributed by atoms with van der Waals surface area (Å²) >= 11 is 0. The second-order valence-electron chi connectivity index (χ2n) is 8.48. The molecule has 0 saturated heterocycles. The molecule has 0 radical (unpaired) electrons. The average molecular weight is 475 g/mol. The van der Waals surface area contributed by atoms with Gasteiger partial charge in [-0.3, -0.25) is 14.9 Å². The second kappa shape index (κ2) is 8.79. The number of hydrogen-bond acceptors (Lipinski definition) is 7. The minimum atomic E-state index is -0.993. The van der Waals surface area contributed by atoms with Crippen LogP contribution in [0.15, 0.2) is 65.9 Å². The van der Waals surface area contributed by atoms with Gasteiger partial charge in [-0.1, -0.05) is 18.2 Å².